The normalized spacial score (nSPS) is 17.9. The molecule has 33 nitrogen and oxygen atoms in total. The number of carbonyl (C=O) groups excluding carboxylic acids is 13. The van der Waals surface area contributed by atoms with Crippen molar-refractivity contribution in [3.05, 3.63) is 202 Å². The molecule has 4 amide bonds. The molecule has 0 aliphatic carbocycles. The molecule has 10 rings (SSSR count). The topological polar surface area (TPSA) is 468 Å². The van der Waals surface area contributed by atoms with Gasteiger partial charge in [-0.05, 0) is 160 Å². The van der Waals surface area contributed by atoms with Gasteiger partial charge >= 0.3 is 11.9 Å². The lowest BCUT2D eigenvalue weighted by molar-refractivity contribution is -0.940. The first kappa shape index (κ1) is 120. The third kappa shape index (κ3) is 43.7. The summed E-state index contributed by atoms with van der Waals surface area (Å²) in [6.07, 6.45) is 7.13. The van der Waals surface area contributed by atoms with E-state index in [1.807, 2.05) is 189 Å². The zero-order chi connectivity index (χ0) is 106. The number of hydrogen-bond donors (Lipinski definition) is 4. The van der Waals surface area contributed by atoms with E-state index in [-0.39, 0.29) is 146 Å². The Kier molecular flexibility index (Phi) is 48.5. The predicted octanol–water partition coefficient (Wildman–Crippen LogP) is 11.7. The van der Waals surface area contributed by atoms with Crippen molar-refractivity contribution in [1.82, 2.24) is 21.3 Å². The molecular weight excluding hydrogens is 1890 g/mol. The van der Waals surface area contributed by atoms with Gasteiger partial charge in [-0.3, -0.25) is 62.3 Å². The van der Waals surface area contributed by atoms with E-state index in [0.29, 0.717) is 169 Å². The van der Waals surface area contributed by atoms with Crippen LogP contribution in [0.25, 0.3) is 0 Å². The number of ketones is 6. The highest BCUT2D eigenvalue weighted by molar-refractivity contribution is 7.85. The van der Waals surface area contributed by atoms with Crippen molar-refractivity contribution < 1.29 is 130 Å². The number of epoxide rings is 2. The van der Waals surface area contributed by atoms with Gasteiger partial charge in [0, 0.05) is 91.4 Å². The SMILES string of the molecule is CCC(=O)Oc1ccc(C[N+]2(CC(=O)C[C@@H](CCc3ccccc3)C(=O)N[C@@H](CC(C)C)C(=O)C[C@@H](Cc3ccccc3)C(=O)N[C@@H](CC(C)C)C(=O)[C@@]3(C)CO3)CCOCC2)cc1/C=N/OC.CCC(=O)Oc1ccc(C[N+]2(CC(=O)C[C@@H](CCc3ccccc3)C(=O)N[C@@H](CC(C)C)C(=O)C[C@@H](Cc3ccccc3)C(=O)N[C@@H](CC(C)C)C(=O)[C@@]3(C)CO3)CCOCC2)cc1C=O.CS(=O)(=O)[O-].CS(=O)(=O)[O-]. The molecule has 0 spiro atoms. The Balaban J connectivity index is 0.000000357. The summed E-state index contributed by atoms with van der Waals surface area (Å²) in [7, 11) is -6.40. The molecule has 144 heavy (non-hydrogen) atoms. The Morgan fingerprint density at radius 2 is 0.729 bits per heavy atom. The van der Waals surface area contributed by atoms with Crippen LogP contribution in [0.4, 0.5) is 0 Å². The van der Waals surface area contributed by atoms with Gasteiger partial charge in [-0.1, -0.05) is 196 Å². The van der Waals surface area contributed by atoms with Crippen LogP contribution < -0.4 is 30.7 Å². The van der Waals surface area contributed by atoms with Gasteiger partial charge in [-0.15, -0.1) is 0 Å². The Morgan fingerprint density at radius 3 is 1.03 bits per heavy atom. The molecular formula is C109H149N7O26S2. The van der Waals surface area contributed by atoms with Crippen molar-refractivity contribution in [3.63, 3.8) is 0 Å². The molecule has 4 saturated heterocycles. The first-order valence-corrected chi connectivity index (χ1v) is 53.4. The number of aldehydes is 1. The van der Waals surface area contributed by atoms with Gasteiger partial charge < -0.3 is 72.6 Å². The van der Waals surface area contributed by atoms with Gasteiger partial charge in [0.2, 0.25) is 23.6 Å². The van der Waals surface area contributed by atoms with Crippen LogP contribution in [0.15, 0.2) is 163 Å². The number of rotatable bonds is 55. The number of esters is 2. The van der Waals surface area contributed by atoms with Crippen LogP contribution in [0, 0.1) is 47.3 Å². The number of nitrogens with zero attached hydrogens (tertiary/aromatic N) is 3. The molecule has 0 radical (unpaired) electrons. The van der Waals surface area contributed by atoms with Gasteiger partial charge in [-0.2, -0.15) is 0 Å². The zero-order valence-electron chi connectivity index (χ0n) is 86.1. The molecule has 35 heteroatoms. The van der Waals surface area contributed by atoms with E-state index in [1.54, 1.807) is 52.0 Å². The number of quaternary nitrogens is 2. The van der Waals surface area contributed by atoms with Crippen molar-refractivity contribution in [1.29, 1.82) is 0 Å². The second-order valence-corrected chi connectivity index (χ2v) is 43.2. The summed E-state index contributed by atoms with van der Waals surface area (Å²) in [6.45, 7) is 28.4. The average molecular weight is 2040 g/mol. The molecule has 0 saturated carbocycles. The number of Topliss-reactive ketones (excluding diaryl/α,β-unsaturated/α-hetero) is 6. The standard InChI is InChI=1S/C54H72N4O10.C53H69N3O10.2CH4O3S/c1-8-50(61)68-49-22-20-41(30-44(49)33-55-65-7)34-58(23-25-66-26-24-58)35-45(59)31-42(21-19-39-15-11-9-12-16-39)52(63)56-46(27-37(2)3)48(60)32-43(29-40-17-13-10-14-18-40)53(64)57-47(28-38(4)5)51(62)54(6)36-67-54;1-7-49(60)66-48-21-19-40(29-43(48)34-57)32-56(22-24-64-25-23-56)33-44(58)30-41(20-18-38-14-10-8-11-15-38)51(62)54-45(26-36(2)3)47(59)31-42(28-39-16-12-9-13-17-39)52(63)55-46(27-37(4)5)50(61)53(6)35-65-53;2*1-5(2,3)4/h9-18,20,22,30,33,37-38,42-43,46-47H,8,19,21,23-29,31-32,34-36H2,1-7H3,(H-,56,57,63,64);8-17,19,21,29,34,36-37,41-42,45-46H,7,18,20,22-28,30-33,35H2,1-6H3,(H-,54,55,62,63);2*1H3,(H,2,3,4)/b55-33+;;;/t42-,43-,46+,47+,54-;41-,42-,45+,46+,53-;;/m11../s1. The van der Waals surface area contributed by atoms with Crippen molar-refractivity contribution >= 4 is 103 Å². The van der Waals surface area contributed by atoms with Crippen LogP contribution in [0.5, 0.6) is 11.5 Å². The number of morpholine rings is 2. The molecule has 6 aromatic carbocycles. The van der Waals surface area contributed by atoms with Crippen LogP contribution in [0.1, 0.15) is 209 Å². The van der Waals surface area contributed by atoms with E-state index in [1.165, 1.54) is 13.3 Å². The lowest BCUT2D eigenvalue weighted by Crippen LogP contribution is -2.57. The van der Waals surface area contributed by atoms with E-state index in [2.05, 4.69) is 26.4 Å². The number of carbonyl (C=O) groups is 13. The van der Waals surface area contributed by atoms with Crippen molar-refractivity contribution in [2.75, 3.05) is 98.5 Å². The van der Waals surface area contributed by atoms with Crippen LogP contribution in [-0.4, -0.2) is 252 Å². The molecule has 4 aliphatic heterocycles. The first-order chi connectivity index (χ1) is 68.0. The van der Waals surface area contributed by atoms with E-state index in [0.717, 1.165) is 33.4 Å². The number of hydrogen-bond acceptors (Lipinski definition) is 27. The highest BCUT2D eigenvalue weighted by Crippen LogP contribution is 2.35. The molecule has 4 N–H and O–H groups in total. The Labute approximate surface area is 848 Å². The minimum Gasteiger partial charge on any atom is -0.748 e. The van der Waals surface area contributed by atoms with Crippen LogP contribution in [0.2, 0.25) is 0 Å². The minimum absolute atomic E-state index is 0.00977. The molecule has 0 unspecified atom stereocenters. The fraction of sp³-hybridized carbons (Fsp3) is 0.541. The molecule has 0 aromatic heterocycles. The predicted molar refractivity (Wildman–Crippen MR) is 541 cm³/mol. The molecule has 4 heterocycles. The maximum atomic E-state index is 14.6. The molecule has 6 aromatic rings. The highest BCUT2D eigenvalue weighted by atomic mass is 32.2. The zero-order valence-corrected chi connectivity index (χ0v) is 87.7. The van der Waals surface area contributed by atoms with Crippen LogP contribution in [0.3, 0.4) is 0 Å². The lowest BCUT2D eigenvalue weighted by Gasteiger charge is -2.41. The largest absolute Gasteiger partial charge is 0.748 e. The lowest BCUT2D eigenvalue weighted by atomic mass is 9.87. The number of nitrogens with one attached hydrogen (secondary N) is 4. The number of aryl methyl sites for hydroxylation is 2. The highest BCUT2D eigenvalue weighted by Gasteiger charge is 2.52. The number of oxime groups is 1. The van der Waals surface area contributed by atoms with E-state index in [9.17, 15) is 62.3 Å². The second-order valence-electron chi connectivity index (χ2n) is 40.4. The van der Waals surface area contributed by atoms with Crippen molar-refractivity contribution in [2.45, 2.75) is 234 Å². The minimum atomic E-state index is -3.92. The third-order valence-electron chi connectivity index (χ3n) is 25.4. The summed E-state index contributed by atoms with van der Waals surface area (Å²) in [5.74, 6) is -5.94. The Hall–Kier alpha value is -11.1. The van der Waals surface area contributed by atoms with Gasteiger partial charge in [0.05, 0.1) is 95.8 Å². The van der Waals surface area contributed by atoms with Crippen molar-refractivity contribution in [3.8, 4) is 11.5 Å². The maximum absolute atomic E-state index is 14.6. The fourth-order valence-corrected chi connectivity index (χ4v) is 17.7. The summed E-state index contributed by atoms with van der Waals surface area (Å²) >= 11 is 0. The summed E-state index contributed by atoms with van der Waals surface area (Å²) in [6, 6.07) is 45.6. The smallest absolute Gasteiger partial charge is 0.310 e. The van der Waals surface area contributed by atoms with E-state index >= 15 is 0 Å². The summed E-state index contributed by atoms with van der Waals surface area (Å²) in [5.41, 5.74) is 4.38. The Morgan fingerprint density at radius 1 is 0.431 bits per heavy atom. The summed E-state index contributed by atoms with van der Waals surface area (Å²) in [4.78, 5) is 184. The fourth-order valence-electron chi connectivity index (χ4n) is 17.7. The quantitative estimate of drug-likeness (QED) is 0.00403. The number of amides is 4. The van der Waals surface area contributed by atoms with Crippen LogP contribution >= 0.6 is 0 Å². The van der Waals surface area contributed by atoms with E-state index in [4.69, 9.17) is 59.2 Å². The first-order valence-electron chi connectivity index (χ1n) is 49.7. The number of ether oxygens (including phenoxy) is 6. The summed E-state index contributed by atoms with van der Waals surface area (Å²) < 4.78 is 88.5. The summed E-state index contributed by atoms with van der Waals surface area (Å²) in [5, 5.41) is 16.1. The average Bonchev–Trinajstić information content (AvgIpc) is 1.66. The molecule has 4 aliphatic rings. The third-order valence-corrected chi connectivity index (χ3v) is 25.4. The monoisotopic (exact) mass is 2040 g/mol. The molecule has 788 valence electrons. The maximum Gasteiger partial charge on any atom is 0.310 e. The second kappa shape index (κ2) is 58.3. The van der Waals surface area contributed by atoms with E-state index < -0.39 is 103 Å². The van der Waals surface area contributed by atoms with Crippen molar-refractivity contribution in [2.24, 2.45) is 52.5 Å². The molecule has 4 fully saturated rings. The van der Waals surface area contributed by atoms with Crippen LogP contribution in [-0.2, 0) is 140 Å². The Bertz CT molecular complexity index is 5440. The van der Waals surface area contributed by atoms with Gasteiger partial charge in [0.15, 0.2) is 41.0 Å². The number of benzene rings is 6. The molecule has 10 atom stereocenters. The molecule has 0 bridgehead atoms. The van der Waals surface area contributed by atoms with Gasteiger partial charge in [0.1, 0.15) is 82.2 Å². The van der Waals surface area contributed by atoms with Gasteiger partial charge in [-0.25, -0.2) is 16.8 Å². The van der Waals surface area contributed by atoms with Gasteiger partial charge in [0.25, 0.3) is 0 Å².